The minimum absolute atomic E-state index is 0.0126. The van der Waals surface area contributed by atoms with Crippen molar-refractivity contribution in [3.05, 3.63) is 52.4 Å². The topological polar surface area (TPSA) is 85.5 Å². The number of aliphatic carboxylic acids is 1. The number of carboxylic acid groups (broad SMARTS) is 1. The second-order valence-electron chi connectivity index (χ2n) is 5.87. The maximum atomic E-state index is 10.7. The molecule has 2 heterocycles. The number of aromatic nitrogens is 2. The molecule has 0 atom stereocenters. The van der Waals surface area contributed by atoms with Gasteiger partial charge in [0.15, 0.2) is 5.58 Å². The van der Waals surface area contributed by atoms with Crippen molar-refractivity contribution in [2.24, 2.45) is 0 Å². The van der Waals surface area contributed by atoms with E-state index in [4.69, 9.17) is 26.0 Å². The van der Waals surface area contributed by atoms with Gasteiger partial charge in [-0.1, -0.05) is 29.7 Å². The number of benzene rings is 1. The Bertz CT molecular complexity index is 923. The number of carboxylic acids is 1. The van der Waals surface area contributed by atoms with Gasteiger partial charge in [-0.2, -0.15) is 0 Å². The minimum atomic E-state index is -0.882. The maximum absolute atomic E-state index is 10.7. The molecular weight excluding hydrogens is 356 g/mol. The molecule has 0 amide bonds. The summed E-state index contributed by atoms with van der Waals surface area (Å²) in [7, 11) is 0. The van der Waals surface area contributed by atoms with Crippen molar-refractivity contribution < 1.29 is 19.2 Å². The zero-order chi connectivity index (χ0) is 18.5. The molecule has 0 saturated carbocycles. The van der Waals surface area contributed by atoms with E-state index in [1.807, 2.05) is 18.2 Å². The normalized spacial score (nSPS) is 11.0. The molecule has 3 aromatic rings. The highest BCUT2D eigenvalue weighted by Gasteiger charge is 2.14. The highest BCUT2D eigenvalue weighted by molar-refractivity contribution is 6.32. The molecule has 0 radical (unpaired) electrons. The molecule has 1 aromatic carbocycles. The van der Waals surface area contributed by atoms with Crippen LogP contribution in [0.2, 0.25) is 5.02 Å². The third-order valence-corrected chi connectivity index (χ3v) is 4.31. The highest BCUT2D eigenvalue weighted by Crippen LogP contribution is 2.32. The molecule has 0 aliphatic rings. The molecule has 3 rings (SSSR count). The van der Waals surface area contributed by atoms with Crippen LogP contribution in [0.3, 0.4) is 0 Å². The Morgan fingerprint density at radius 1 is 1.27 bits per heavy atom. The predicted molar refractivity (Wildman–Crippen MR) is 97.8 cm³/mol. The molecule has 0 bridgehead atoms. The average Bonchev–Trinajstić information content (AvgIpc) is 3.02. The zero-order valence-corrected chi connectivity index (χ0v) is 15.1. The lowest BCUT2D eigenvalue weighted by atomic mass is 10.1. The van der Waals surface area contributed by atoms with Crippen molar-refractivity contribution >= 4 is 28.5 Å². The van der Waals surface area contributed by atoms with Crippen molar-refractivity contribution in [1.82, 2.24) is 10.1 Å². The second kappa shape index (κ2) is 8.19. The van der Waals surface area contributed by atoms with Gasteiger partial charge in [-0.25, -0.2) is 0 Å². The van der Waals surface area contributed by atoms with Crippen molar-refractivity contribution in [1.29, 1.82) is 0 Å². The fourth-order valence-corrected chi connectivity index (χ4v) is 2.85. The Balaban J connectivity index is 1.68. The van der Waals surface area contributed by atoms with Crippen molar-refractivity contribution in [3.8, 4) is 5.75 Å². The summed E-state index contributed by atoms with van der Waals surface area (Å²) in [6.45, 7) is 2.51. The molecule has 7 heteroatoms. The summed E-state index contributed by atoms with van der Waals surface area (Å²) < 4.78 is 11.1. The van der Waals surface area contributed by atoms with E-state index in [1.54, 1.807) is 12.1 Å². The van der Waals surface area contributed by atoms with E-state index in [2.05, 4.69) is 17.1 Å². The summed E-state index contributed by atoms with van der Waals surface area (Å²) in [4.78, 5) is 15.3. The van der Waals surface area contributed by atoms with Crippen molar-refractivity contribution in [2.75, 3.05) is 6.61 Å². The number of hydrogen-bond acceptors (Lipinski definition) is 5. The Morgan fingerprint density at radius 3 is 2.85 bits per heavy atom. The third-order valence-electron chi connectivity index (χ3n) is 4.02. The molecule has 0 aliphatic carbocycles. The molecule has 0 unspecified atom stereocenters. The van der Waals surface area contributed by atoms with Gasteiger partial charge in [-0.15, -0.1) is 0 Å². The maximum Gasteiger partial charge on any atom is 0.303 e. The number of aryl methyl sites for hydroxylation is 2. The van der Waals surface area contributed by atoms with E-state index >= 15 is 0 Å². The fourth-order valence-electron chi connectivity index (χ4n) is 2.64. The second-order valence-corrected chi connectivity index (χ2v) is 6.28. The van der Waals surface area contributed by atoms with Crippen LogP contribution in [0.15, 0.2) is 34.9 Å². The smallest absolute Gasteiger partial charge is 0.303 e. The van der Waals surface area contributed by atoms with Crippen LogP contribution < -0.4 is 4.74 Å². The largest absolute Gasteiger partial charge is 0.491 e. The fraction of sp³-hybridized carbons (Fsp3) is 0.316. The van der Waals surface area contributed by atoms with E-state index in [-0.39, 0.29) is 12.8 Å². The van der Waals surface area contributed by atoms with Crippen LogP contribution in [0.1, 0.15) is 30.4 Å². The Morgan fingerprint density at radius 2 is 2.08 bits per heavy atom. The molecular formula is C19H19ClN2O4. The SMILES string of the molecule is CCc1cccc(CCOc2cc3onc(CCC(=O)O)c3cc2Cl)n1. The molecule has 0 saturated heterocycles. The first-order valence-corrected chi connectivity index (χ1v) is 8.82. The van der Waals surface area contributed by atoms with E-state index in [0.29, 0.717) is 40.5 Å². The molecule has 1 N–H and O–H groups in total. The molecule has 0 fully saturated rings. The standard InChI is InChI=1S/C19H19ClN2O4/c1-2-12-4-3-5-13(21-12)8-9-25-18-11-17-14(10-15(18)20)16(22-26-17)6-7-19(23)24/h3-5,10-11H,2,6-9H2,1H3,(H,23,24). The van der Waals surface area contributed by atoms with Crippen molar-refractivity contribution in [2.45, 2.75) is 32.6 Å². The van der Waals surface area contributed by atoms with Crippen LogP contribution in [0, 0.1) is 0 Å². The molecule has 2 aromatic heterocycles. The first-order chi connectivity index (χ1) is 12.6. The van der Waals surface area contributed by atoms with Gasteiger partial charge in [-0.05, 0) is 24.6 Å². The Labute approximate surface area is 155 Å². The van der Waals surface area contributed by atoms with Gasteiger partial charge in [-0.3, -0.25) is 9.78 Å². The molecule has 26 heavy (non-hydrogen) atoms. The van der Waals surface area contributed by atoms with E-state index in [0.717, 1.165) is 17.8 Å². The lowest BCUT2D eigenvalue weighted by molar-refractivity contribution is -0.136. The van der Waals surface area contributed by atoms with E-state index in [9.17, 15) is 4.79 Å². The number of rotatable bonds is 8. The summed E-state index contributed by atoms with van der Waals surface area (Å²) in [5.74, 6) is -0.375. The van der Waals surface area contributed by atoms with Gasteiger partial charge < -0.3 is 14.4 Å². The van der Waals surface area contributed by atoms with E-state index < -0.39 is 5.97 Å². The van der Waals surface area contributed by atoms with Crippen LogP contribution in [-0.4, -0.2) is 27.8 Å². The minimum Gasteiger partial charge on any atom is -0.491 e. The number of hydrogen-bond donors (Lipinski definition) is 1. The Kier molecular flexibility index (Phi) is 5.73. The number of fused-ring (bicyclic) bond motifs is 1. The summed E-state index contributed by atoms with van der Waals surface area (Å²) in [5, 5.41) is 13.9. The number of carbonyl (C=O) groups is 1. The molecule has 6 nitrogen and oxygen atoms in total. The summed E-state index contributed by atoms with van der Waals surface area (Å²) in [6.07, 6.45) is 1.84. The number of nitrogens with zero attached hydrogens (tertiary/aromatic N) is 2. The number of ether oxygens (including phenoxy) is 1. The van der Waals surface area contributed by atoms with Crippen LogP contribution in [0.5, 0.6) is 5.75 Å². The van der Waals surface area contributed by atoms with E-state index in [1.165, 1.54) is 0 Å². The van der Waals surface area contributed by atoms with Crippen LogP contribution in [0.4, 0.5) is 0 Å². The van der Waals surface area contributed by atoms with Gasteiger partial charge in [0.1, 0.15) is 5.75 Å². The van der Waals surface area contributed by atoms with Crippen LogP contribution in [-0.2, 0) is 24.1 Å². The molecule has 0 spiro atoms. The van der Waals surface area contributed by atoms with Gasteiger partial charge in [0.2, 0.25) is 0 Å². The average molecular weight is 375 g/mol. The third kappa shape index (κ3) is 4.32. The number of pyridine rings is 1. The van der Waals surface area contributed by atoms with Gasteiger partial charge in [0.05, 0.1) is 23.7 Å². The number of halogens is 1. The first-order valence-electron chi connectivity index (χ1n) is 8.44. The van der Waals surface area contributed by atoms with Gasteiger partial charge in [0.25, 0.3) is 0 Å². The van der Waals surface area contributed by atoms with Crippen molar-refractivity contribution in [3.63, 3.8) is 0 Å². The monoisotopic (exact) mass is 374 g/mol. The predicted octanol–water partition coefficient (Wildman–Crippen LogP) is 4.08. The lowest BCUT2D eigenvalue weighted by Crippen LogP contribution is -2.04. The molecule has 0 aliphatic heterocycles. The summed E-state index contributed by atoms with van der Waals surface area (Å²) in [5.41, 5.74) is 3.13. The molecule has 136 valence electrons. The van der Waals surface area contributed by atoms with Gasteiger partial charge >= 0.3 is 5.97 Å². The summed E-state index contributed by atoms with van der Waals surface area (Å²) >= 11 is 6.30. The van der Waals surface area contributed by atoms with Gasteiger partial charge in [0, 0.05) is 35.7 Å². The zero-order valence-electron chi connectivity index (χ0n) is 14.4. The van der Waals surface area contributed by atoms with Crippen LogP contribution in [0.25, 0.3) is 11.0 Å². The first kappa shape index (κ1) is 18.2. The Hall–Kier alpha value is -2.60. The highest BCUT2D eigenvalue weighted by atomic mass is 35.5. The lowest BCUT2D eigenvalue weighted by Gasteiger charge is -2.08. The summed E-state index contributed by atoms with van der Waals surface area (Å²) in [6, 6.07) is 9.35. The van der Waals surface area contributed by atoms with Crippen LogP contribution >= 0.6 is 11.6 Å². The quantitative estimate of drug-likeness (QED) is 0.639.